The maximum Gasteiger partial charge on any atom is 0.471 e. The Hall–Kier alpha value is -1.84. The molecule has 1 aliphatic heterocycles. The van der Waals surface area contributed by atoms with Crippen molar-refractivity contribution in [2.75, 3.05) is 13.1 Å². The van der Waals surface area contributed by atoms with Crippen molar-refractivity contribution in [2.45, 2.75) is 43.9 Å². The van der Waals surface area contributed by atoms with E-state index < -0.39 is 36.0 Å². The Morgan fingerprint density at radius 1 is 1.36 bits per heavy atom. The maximum absolute atomic E-state index is 12.0. The number of amides is 2. The number of alkyl halides is 3. The second-order valence-corrected chi connectivity index (χ2v) is 5.03. The first-order valence-electron chi connectivity index (χ1n) is 6.78. The van der Waals surface area contributed by atoms with Crippen LogP contribution in [0.4, 0.5) is 13.2 Å². The fourth-order valence-electron chi connectivity index (χ4n) is 2.25. The summed E-state index contributed by atoms with van der Waals surface area (Å²) in [4.78, 5) is 34.7. The normalized spacial score (nSPS) is 19.8. The average Bonchev–Trinajstić information content (AvgIpc) is 2.90. The van der Waals surface area contributed by atoms with E-state index in [0.717, 1.165) is 0 Å². The third-order valence-electron chi connectivity index (χ3n) is 3.37. The third-order valence-corrected chi connectivity index (χ3v) is 3.37. The van der Waals surface area contributed by atoms with Crippen LogP contribution in [0.5, 0.6) is 0 Å². The van der Waals surface area contributed by atoms with Gasteiger partial charge in [0, 0.05) is 13.1 Å². The maximum atomic E-state index is 12.0. The number of nitrogens with two attached hydrogens (primary N) is 1. The molecule has 0 aromatic carbocycles. The van der Waals surface area contributed by atoms with Gasteiger partial charge in [-0.2, -0.15) is 13.2 Å². The fourth-order valence-corrected chi connectivity index (χ4v) is 2.25. The van der Waals surface area contributed by atoms with Crippen LogP contribution in [0.1, 0.15) is 25.7 Å². The topological polar surface area (TPSA) is 113 Å². The van der Waals surface area contributed by atoms with Crippen molar-refractivity contribution < 1.29 is 32.7 Å². The van der Waals surface area contributed by atoms with Crippen molar-refractivity contribution in [2.24, 2.45) is 5.73 Å². The highest BCUT2D eigenvalue weighted by molar-refractivity contribution is 5.87. The van der Waals surface area contributed by atoms with Gasteiger partial charge in [-0.25, -0.2) is 4.79 Å². The number of rotatable bonds is 6. The van der Waals surface area contributed by atoms with Gasteiger partial charge in [0.1, 0.15) is 6.04 Å². The molecule has 0 spiro atoms. The Morgan fingerprint density at radius 3 is 2.55 bits per heavy atom. The summed E-state index contributed by atoms with van der Waals surface area (Å²) in [5, 5.41) is 10.7. The summed E-state index contributed by atoms with van der Waals surface area (Å²) in [6, 6.07) is -1.90. The zero-order valence-corrected chi connectivity index (χ0v) is 11.7. The molecule has 1 aliphatic rings. The molecule has 1 rings (SSSR count). The number of hydrogen-bond acceptors (Lipinski definition) is 4. The Balaban J connectivity index is 2.36. The second-order valence-electron chi connectivity index (χ2n) is 5.03. The van der Waals surface area contributed by atoms with Gasteiger partial charge < -0.3 is 21.1 Å². The van der Waals surface area contributed by atoms with Crippen LogP contribution >= 0.6 is 0 Å². The lowest BCUT2D eigenvalue weighted by atomic mass is 10.1. The molecule has 0 aromatic heterocycles. The van der Waals surface area contributed by atoms with Crippen LogP contribution in [0.25, 0.3) is 0 Å². The summed E-state index contributed by atoms with van der Waals surface area (Å²) >= 11 is 0. The quantitative estimate of drug-likeness (QED) is 0.588. The molecule has 2 atom stereocenters. The van der Waals surface area contributed by atoms with Gasteiger partial charge in [0.25, 0.3) is 0 Å². The molecule has 0 unspecified atom stereocenters. The van der Waals surface area contributed by atoms with E-state index in [-0.39, 0.29) is 19.4 Å². The van der Waals surface area contributed by atoms with Crippen molar-refractivity contribution in [3.63, 3.8) is 0 Å². The molecule has 0 aromatic rings. The number of hydrogen-bond donors (Lipinski definition) is 3. The third kappa shape index (κ3) is 4.86. The minimum absolute atomic E-state index is 0.0554. The molecule has 0 bridgehead atoms. The summed E-state index contributed by atoms with van der Waals surface area (Å²) in [5.41, 5.74) is 5.64. The summed E-state index contributed by atoms with van der Waals surface area (Å²) in [7, 11) is 0. The molecule has 22 heavy (non-hydrogen) atoms. The van der Waals surface area contributed by atoms with Crippen molar-refractivity contribution in [3.8, 4) is 0 Å². The molecule has 4 N–H and O–H groups in total. The second kappa shape index (κ2) is 7.43. The van der Waals surface area contributed by atoms with Crippen molar-refractivity contribution in [1.82, 2.24) is 10.2 Å². The first-order valence-corrected chi connectivity index (χ1v) is 6.78. The highest BCUT2D eigenvalue weighted by Crippen LogP contribution is 2.19. The first kappa shape index (κ1) is 18.2. The van der Waals surface area contributed by atoms with Crippen LogP contribution in [-0.4, -0.2) is 59.1 Å². The predicted octanol–water partition coefficient (Wildman–Crippen LogP) is -0.152. The van der Waals surface area contributed by atoms with E-state index in [9.17, 15) is 27.6 Å². The Labute approximate surface area is 124 Å². The van der Waals surface area contributed by atoms with Crippen LogP contribution in [0.3, 0.4) is 0 Å². The number of aliphatic carboxylic acids is 1. The molecule has 1 fully saturated rings. The molecule has 10 heteroatoms. The molecule has 1 heterocycles. The molecule has 0 aliphatic carbocycles. The smallest absolute Gasteiger partial charge is 0.471 e. The number of likely N-dealkylation sites (tertiary alicyclic amines) is 1. The number of carboxylic acid groups (broad SMARTS) is 1. The van der Waals surface area contributed by atoms with Crippen LogP contribution in [0.2, 0.25) is 0 Å². The number of nitrogens with one attached hydrogen (secondary N) is 1. The lowest BCUT2D eigenvalue weighted by Gasteiger charge is -2.24. The molecular weight excluding hydrogens is 307 g/mol. The largest absolute Gasteiger partial charge is 0.480 e. The van der Waals surface area contributed by atoms with Gasteiger partial charge in [0.05, 0.1) is 6.04 Å². The number of carbonyl (C=O) groups excluding carboxylic acids is 2. The Morgan fingerprint density at radius 2 is 2.00 bits per heavy atom. The van der Waals surface area contributed by atoms with Crippen molar-refractivity contribution >= 4 is 17.8 Å². The van der Waals surface area contributed by atoms with Gasteiger partial charge in [0.2, 0.25) is 5.91 Å². The van der Waals surface area contributed by atoms with Gasteiger partial charge in [-0.3, -0.25) is 9.59 Å². The van der Waals surface area contributed by atoms with E-state index in [1.807, 2.05) is 0 Å². The monoisotopic (exact) mass is 325 g/mol. The van der Waals surface area contributed by atoms with Crippen LogP contribution < -0.4 is 11.1 Å². The molecule has 126 valence electrons. The lowest BCUT2D eigenvalue weighted by Crippen LogP contribution is -2.48. The van der Waals surface area contributed by atoms with Crippen LogP contribution in [0, 0.1) is 0 Å². The van der Waals surface area contributed by atoms with E-state index in [4.69, 9.17) is 10.8 Å². The van der Waals surface area contributed by atoms with Gasteiger partial charge in [0.15, 0.2) is 0 Å². The molecule has 1 saturated heterocycles. The van der Waals surface area contributed by atoms with Gasteiger partial charge in [-0.1, -0.05) is 0 Å². The van der Waals surface area contributed by atoms with E-state index in [1.54, 1.807) is 5.32 Å². The summed E-state index contributed by atoms with van der Waals surface area (Å²) in [6.45, 7) is 0.0377. The van der Waals surface area contributed by atoms with E-state index in [0.29, 0.717) is 19.4 Å². The van der Waals surface area contributed by atoms with Crippen LogP contribution in [0.15, 0.2) is 0 Å². The highest BCUT2D eigenvalue weighted by Gasteiger charge is 2.38. The molecule has 2 amide bonds. The zero-order chi connectivity index (χ0) is 16.9. The standard InChI is InChI=1S/C12H18F3N3O4/c13-12(14,15)11(22)17-5-1-3-7(16)9(19)18-6-2-4-8(18)10(20)21/h7-8H,1-6,16H2,(H,17,22)(H,20,21)/t7-,8-/m0/s1. The fraction of sp³-hybridized carbons (Fsp3) is 0.750. The van der Waals surface area contributed by atoms with E-state index in [1.165, 1.54) is 4.90 Å². The zero-order valence-electron chi connectivity index (χ0n) is 11.7. The van der Waals surface area contributed by atoms with Crippen molar-refractivity contribution in [1.29, 1.82) is 0 Å². The molecule has 0 radical (unpaired) electrons. The number of carbonyl (C=O) groups is 3. The SMILES string of the molecule is N[C@@H](CCCNC(=O)C(F)(F)F)C(=O)N1CCC[C@H]1C(=O)O. The summed E-state index contributed by atoms with van der Waals surface area (Å²) in [5.74, 6) is -3.68. The number of carboxylic acids is 1. The average molecular weight is 325 g/mol. The Kier molecular flexibility index (Phi) is 6.15. The summed E-state index contributed by atoms with van der Waals surface area (Å²) < 4.78 is 35.8. The van der Waals surface area contributed by atoms with E-state index >= 15 is 0 Å². The highest BCUT2D eigenvalue weighted by atomic mass is 19.4. The molecular formula is C12H18F3N3O4. The lowest BCUT2D eigenvalue weighted by molar-refractivity contribution is -0.173. The molecule has 0 saturated carbocycles. The first-order chi connectivity index (χ1) is 10.1. The van der Waals surface area contributed by atoms with Gasteiger partial charge in [-0.15, -0.1) is 0 Å². The van der Waals surface area contributed by atoms with Gasteiger partial charge in [-0.05, 0) is 25.7 Å². The van der Waals surface area contributed by atoms with Gasteiger partial charge >= 0.3 is 18.1 Å². The van der Waals surface area contributed by atoms with Crippen molar-refractivity contribution in [3.05, 3.63) is 0 Å². The minimum Gasteiger partial charge on any atom is -0.480 e. The molecule has 7 nitrogen and oxygen atoms in total. The number of nitrogens with zero attached hydrogens (tertiary/aromatic N) is 1. The Bertz CT molecular complexity index is 442. The number of halogens is 3. The predicted molar refractivity (Wildman–Crippen MR) is 68.6 cm³/mol. The minimum atomic E-state index is -4.94. The van der Waals surface area contributed by atoms with Crippen LogP contribution in [-0.2, 0) is 14.4 Å². The van der Waals surface area contributed by atoms with E-state index in [2.05, 4.69) is 0 Å². The summed E-state index contributed by atoms with van der Waals surface area (Å²) in [6.07, 6.45) is -3.88.